The first kappa shape index (κ1) is 12.4. The number of nitrogens with one attached hydrogen (secondary N) is 1. The van der Waals surface area contributed by atoms with Crippen LogP contribution in [0.5, 0.6) is 0 Å². The number of hydrogen-bond acceptors (Lipinski definition) is 4. The Kier molecular flexibility index (Phi) is 5.01. The molecule has 15 heavy (non-hydrogen) atoms. The molecule has 1 aliphatic rings. The lowest BCUT2D eigenvalue weighted by atomic mass is 9.96. The summed E-state index contributed by atoms with van der Waals surface area (Å²) in [6.07, 6.45) is 1.89. The Morgan fingerprint density at radius 1 is 1.47 bits per heavy atom. The number of carbonyl (C=O) groups is 1. The van der Waals surface area contributed by atoms with Gasteiger partial charge in [0.15, 0.2) is 0 Å². The molecule has 4 N–H and O–H groups in total. The van der Waals surface area contributed by atoms with Crippen molar-refractivity contribution >= 4 is 5.97 Å². The molecule has 3 unspecified atom stereocenters. The third-order valence-electron chi connectivity index (χ3n) is 2.97. The summed E-state index contributed by atoms with van der Waals surface area (Å²) < 4.78 is 0. The number of rotatable bonds is 6. The molecule has 0 aromatic carbocycles. The molecule has 0 bridgehead atoms. The van der Waals surface area contributed by atoms with Crippen molar-refractivity contribution in [3.63, 3.8) is 0 Å². The molecule has 1 rings (SSSR count). The van der Waals surface area contributed by atoms with Gasteiger partial charge in [0.2, 0.25) is 0 Å². The summed E-state index contributed by atoms with van der Waals surface area (Å²) in [4.78, 5) is 10.8. The Balaban J connectivity index is 2.23. The van der Waals surface area contributed by atoms with Crippen LogP contribution < -0.4 is 5.32 Å². The molecule has 0 amide bonds. The minimum Gasteiger partial charge on any atom is -0.481 e. The maximum atomic E-state index is 10.8. The fourth-order valence-electron chi connectivity index (χ4n) is 2.11. The highest BCUT2D eigenvalue weighted by Gasteiger charge is 2.32. The van der Waals surface area contributed by atoms with Crippen molar-refractivity contribution in [2.45, 2.75) is 25.4 Å². The van der Waals surface area contributed by atoms with Crippen LogP contribution in [0.3, 0.4) is 0 Å². The predicted octanol–water partition coefficient (Wildman–Crippen LogP) is -0.570. The molecule has 0 aliphatic heterocycles. The van der Waals surface area contributed by atoms with E-state index in [0.717, 1.165) is 19.3 Å². The largest absolute Gasteiger partial charge is 0.481 e. The Morgan fingerprint density at radius 3 is 2.80 bits per heavy atom. The van der Waals surface area contributed by atoms with Crippen LogP contribution in [0.25, 0.3) is 0 Å². The number of aliphatic carboxylic acids is 1. The van der Waals surface area contributed by atoms with E-state index < -0.39 is 12.1 Å². The Labute approximate surface area is 89.1 Å². The predicted molar refractivity (Wildman–Crippen MR) is 54.4 cm³/mol. The van der Waals surface area contributed by atoms with Crippen molar-refractivity contribution in [1.29, 1.82) is 0 Å². The topological polar surface area (TPSA) is 89.8 Å². The van der Waals surface area contributed by atoms with E-state index in [2.05, 4.69) is 5.32 Å². The minimum absolute atomic E-state index is 0.161. The molecule has 88 valence electrons. The lowest BCUT2D eigenvalue weighted by Gasteiger charge is -2.17. The first-order valence-electron chi connectivity index (χ1n) is 5.37. The van der Waals surface area contributed by atoms with Gasteiger partial charge in [0, 0.05) is 6.54 Å². The quantitative estimate of drug-likeness (QED) is 0.478. The molecule has 1 aliphatic carbocycles. The van der Waals surface area contributed by atoms with Gasteiger partial charge in [-0.3, -0.25) is 4.79 Å². The van der Waals surface area contributed by atoms with Crippen LogP contribution in [0.1, 0.15) is 19.3 Å². The monoisotopic (exact) mass is 217 g/mol. The standard InChI is InChI=1S/C10H19NO4/c12-6-8(13)5-11-4-7-2-1-3-9(7)10(14)15/h7-9,11-13H,1-6H2,(H,14,15). The van der Waals surface area contributed by atoms with Gasteiger partial charge >= 0.3 is 5.97 Å². The van der Waals surface area contributed by atoms with Crippen molar-refractivity contribution in [3.05, 3.63) is 0 Å². The van der Waals surface area contributed by atoms with Crippen LogP contribution in [-0.2, 0) is 4.79 Å². The molecule has 3 atom stereocenters. The molecule has 5 heteroatoms. The molecule has 0 aromatic heterocycles. The molecular weight excluding hydrogens is 198 g/mol. The van der Waals surface area contributed by atoms with Crippen molar-refractivity contribution < 1.29 is 20.1 Å². The Bertz CT molecular complexity index is 210. The van der Waals surface area contributed by atoms with Gasteiger partial charge in [-0.15, -0.1) is 0 Å². The van der Waals surface area contributed by atoms with E-state index in [4.69, 9.17) is 15.3 Å². The van der Waals surface area contributed by atoms with Crippen molar-refractivity contribution in [1.82, 2.24) is 5.32 Å². The van der Waals surface area contributed by atoms with E-state index in [9.17, 15) is 4.79 Å². The summed E-state index contributed by atoms with van der Waals surface area (Å²) in [5.74, 6) is -0.806. The van der Waals surface area contributed by atoms with Gasteiger partial charge in [0.1, 0.15) is 0 Å². The first-order chi connectivity index (χ1) is 7.15. The van der Waals surface area contributed by atoms with Crippen LogP contribution >= 0.6 is 0 Å². The number of carboxylic acids is 1. The number of hydrogen-bond donors (Lipinski definition) is 4. The zero-order valence-corrected chi connectivity index (χ0v) is 8.72. The lowest BCUT2D eigenvalue weighted by molar-refractivity contribution is -0.142. The number of carboxylic acid groups (broad SMARTS) is 1. The highest BCUT2D eigenvalue weighted by molar-refractivity contribution is 5.70. The zero-order valence-electron chi connectivity index (χ0n) is 8.72. The smallest absolute Gasteiger partial charge is 0.306 e. The van der Waals surface area contributed by atoms with E-state index in [0.29, 0.717) is 13.1 Å². The molecule has 0 heterocycles. The van der Waals surface area contributed by atoms with Gasteiger partial charge in [-0.1, -0.05) is 6.42 Å². The second-order valence-electron chi connectivity index (χ2n) is 4.13. The molecule has 0 spiro atoms. The van der Waals surface area contributed by atoms with Crippen LogP contribution in [0.2, 0.25) is 0 Å². The second kappa shape index (κ2) is 6.05. The Morgan fingerprint density at radius 2 is 2.20 bits per heavy atom. The third kappa shape index (κ3) is 3.77. The Hall–Kier alpha value is -0.650. The normalized spacial score (nSPS) is 27.9. The van der Waals surface area contributed by atoms with Gasteiger partial charge in [0.25, 0.3) is 0 Å². The fraction of sp³-hybridized carbons (Fsp3) is 0.900. The molecule has 0 saturated heterocycles. The van der Waals surface area contributed by atoms with E-state index in [-0.39, 0.29) is 18.4 Å². The third-order valence-corrected chi connectivity index (χ3v) is 2.97. The van der Waals surface area contributed by atoms with E-state index in [1.54, 1.807) is 0 Å². The molecular formula is C10H19NO4. The van der Waals surface area contributed by atoms with Crippen molar-refractivity contribution in [2.75, 3.05) is 19.7 Å². The molecule has 1 saturated carbocycles. The average Bonchev–Trinajstić information content (AvgIpc) is 2.65. The minimum atomic E-state index is -0.755. The van der Waals surface area contributed by atoms with Crippen LogP contribution in [0, 0.1) is 11.8 Å². The zero-order chi connectivity index (χ0) is 11.3. The summed E-state index contributed by atoms with van der Waals surface area (Å²) in [6, 6.07) is 0. The summed E-state index contributed by atoms with van der Waals surface area (Å²) >= 11 is 0. The molecule has 5 nitrogen and oxygen atoms in total. The highest BCUT2D eigenvalue weighted by Crippen LogP contribution is 2.31. The van der Waals surface area contributed by atoms with Gasteiger partial charge in [-0.05, 0) is 25.3 Å². The molecule has 1 fully saturated rings. The first-order valence-corrected chi connectivity index (χ1v) is 5.37. The number of aliphatic hydroxyl groups is 2. The van der Waals surface area contributed by atoms with Crippen LogP contribution in [-0.4, -0.2) is 47.1 Å². The van der Waals surface area contributed by atoms with E-state index >= 15 is 0 Å². The summed E-state index contributed by atoms with van der Waals surface area (Å²) in [5.41, 5.74) is 0. The van der Waals surface area contributed by atoms with E-state index in [1.807, 2.05) is 0 Å². The summed E-state index contributed by atoms with van der Waals surface area (Å²) in [5, 5.41) is 29.6. The van der Waals surface area contributed by atoms with Gasteiger partial charge in [0.05, 0.1) is 18.6 Å². The van der Waals surface area contributed by atoms with Crippen molar-refractivity contribution in [2.24, 2.45) is 11.8 Å². The lowest BCUT2D eigenvalue weighted by Crippen LogP contribution is -2.35. The van der Waals surface area contributed by atoms with E-state index in [1.165, 1.54) is 0 Å². The average molecular weight is 217 g/mol. The maximum absolute atomic E-state index is 10.8. The van der Waals surface area contributed by atoms with Gasteiger partial charge in [-0.25, -0.2) is 0 Å². The van der Waals surface area contributed by atoms with Gasteiger partial charge in [-0.2, -0.15) is 0 Å². The van der Waals surface area contributed by atoms with Gasteiger partial charge < -0.3 is 20.6 Å². The molecule has 0 radical (unpaired) electrons. The summed E-state index contributed by atoms with van der Waals surface area (Å²) in [6.45, 7) is 0.660. The SMILES string of the molecule is O=C(O)C1CCCC1CNCC(O)CO. The van der Waals surface area contributed by atoms with Crippen molar-refractivity contribution in [3.8, 4) is 0 Å². The fourth-order valence-corrected chi connectivity index (χ4v) is 2.11. The highest BCUT2D eigenvalue weighted by atomic mass is 16.4. The maximum Gasteiger partial charge on any atom is 0.306 e. The van der Waals surface area contributed by atoms with Crippen LogP contribution in [0.15, 0.2) is 0 Å². The second-order valence-corrected chi connectivity index (χ2v) is 4.13. The van der Waals surface area contributed by atoms with Crippen LogP contribution in [0.4, 0.5) is 0 Å². The number of aliphatic hydroxyl groups excluding tert-OH is 2. The summed E-state index contributed by atoms with van der Waals surface area (Å²) in [7, 11) is 0. The molecule has 0 aromatic rings.